The molecule has 3 aromatic rings. The van der Waals surface area contributed by atoms with Gasteiger partial charge in [-0.25, -0.2) is 0 Å². The largest absolute Gasteiger partial charge is 0.354 e. The number of nitrogens with zero attached hydrogens (tertiary/aromatic N) is 3. The van der Waals surface area contributed by atoms with Crippen molar-refractivity contribution in [3.8, 4) is 22.3 Å². The molecule has 1 unspecified atom stereocenters. The maximum atomic E-state index is 13.7. The molecule has 5 heteroatoms. The quantitative estimate of drug-likeness (QED) is 0.648. The van der Waals surface area contributed by atoms with Crippen molar-refractivity contribution in [2.45, 2.75) is 45.7 Å². The third-order valence-corrected chi connectivity index (χ3v) is 6.14. The molecule has 1 aliphatic rings. The number of rotatable bonds is 6. The fourth-order valence-corrected chi connectivity index (χ4v) is 4.52. The van der Waals surface area contributed by atoms with Crippen molar-refractivity contribution in [2.75, 3.05) is 18.0 Å². The van der Waals surface area contributed by atoms with E-state index in [0.717, 1.165) is 59.6 Å². The molecule has 5 nitrogen and oxygen atoms in total. The molecule has 31 heavy (non-hydrogen) atoms. The fourth-order valence-electron chi connectivity index (χ4n) is 4.52. The minimum absolute atomic E-state index is 0.0392. The van der Waals surface area contributed by atoms with Crippen LogP contribution in [0.2, 0.25) is 0 Å². The summed E-state index contributed by atoms with van der Waals surface area (Å²) in [5.41, 5.74) is 4.87. The summed E-state index contributed by atoms with van der Waals surface area (Å²) < 4.78 is 1.83. The molecule has 4 rings (SSSR count). The molecule has 162 valence electrons. The van der Waals surface area contributed by atoms with Gasteiger partial charge in [-0.05, 0) is 54.7 Å². The Kier molecular flexibility index (Phi) is 6.23. The van der Waals surface area contributed by atoms with Crippen molar-refractivity contribution in [1.29, 1.82) is 0 Å². The second kappa shape index (κ2) is 9.06. The highest BCUT2D eigenvalue weighted by molar-refractivity contribution is 5.84. The Morgan fingerprint density at radius 2 is 1.90 bits per heavy atom. The number of aromatic nitrogens is 2. The van der Waals surface area contributed by atoms with Crippen LogP contribution in [0.4, 0.5) is 5.82 Å². The number of anilines is 1. The first-order chi connectivity index (χ1) is 15.0. The van der Waals surface area contributed by atoms with Gasteiger partial charge in [0.15, 0.2) is 0 Å². The zero-order chi connectivity index (χ0) is 22.0. The van der Waals surface area contributed by atoms with Gasteiger partial charge in [0.2, 0.25) is 0 Å². The number of benzene rings is 1. The minimum Gasteiger partial charge on any atom is -0.354 e. The Labute approximate surface area is 184 Å². The first-order valence-electron chi connectivity index (χ1n) is 11.2. The van der Waals surface area contributed by atoms with Gasteiger partial charge >= 0.3 is 0 Å². The molecular formula is C26H32N4O. The monoisotopic (exact) mass is 416 g/mol. The topological polar surface area (TPSA) is 50.2 Å². The summed E-state index contributed by atoms with van der Waals surface area (Å²) in [6.07, 6.45) is 5.86. The number of aryl methyl sites for hydroxylation is 1. The highest BCUT2D eigenvalue weighted by Gasteiger charge is 2.28. The lowest BCUT2D eigenvalue weighted by molar-refractivity contribution is 0.519. The van der Waals surface area contributed by atoms with Crippen molar-refractivity contribution in [1.82, 2.24) is 14.9 Å². The van der Waals surface area contributed by atoms with Gasteiger partial charge in [0.05, 0.1) is 5.56 Å². The van der Waals surface area contributed by atoms with Crippen LogP contribution in [0.5, 0.6) is 0 Å². The molecule has 0 bridgehead atoms. The Hall–Kier alpha value is -2.92. The van der Waals surface area contributed by atoms with Gasteiger partial charge in [-0.1, -0.05) is 43.7 Å². The van der Waals surface area contributed by atoms with E-state index in [2.05, 4.69) is 54.2 Å². The Morgan fingerprint density at radius 1 is 1.13 bits per heavy atom. The number of pyridine rings is 2. The maximum absolute atomic E-state index is 13.7. The summed E-state index contributed by atoms with van der Waals surface area (Å²) in [7, 11) is 1.90. The average molecular weight is 417 g/mol. The van der Waals surface area contributed by atoms with Crippen molar-refractivity contribution in [3.05, 3.63) is 70.8 Å². The highest BCUT2D eigenvalue weighted by atomic mass is 16.1. The van der Waals surface area contributed by atoms with E-state index in [1.807, 2.05) is 35.9 Å². The van der Waals surface area contributed by atoms with Gasteiger partial charge in [-0.15, -0.1) is 0 Å². The lowest BCUT2D eigenvalue weighted by atomic mass is 9.95. The van der Waals surface area contributed by atoms with E-state index >= 15 is 0 Å². The molecule has 2 aromatic heterocycles. The standard InChI is InChI=1S/C26H32N4O/c1-18(2)28-17-22-9-6-14-30(22)24-16-23(20-10-12-27-13-11-20)25(26(31)29(24)4)21-8-5-7-19(3)15-21/h5,7-8,10-13,15-16,18,22,28H,6,9,14,17H2,1-4H3. The lowest BCUT2D eigenvalue weighted by Crippen LogP contribution is -2.42. The molecule has 0 amide bonds. The summed E-state index contributed by atoms with van der Waals surface area (Å²) in [5.74, 6) is 0.987. The van der Waals surface area contributed by atoms with Crippen molar-refractivity contribution < 1.29 is 0 Å². The van der Waals surface area contributed by atoms with Gasteiger partial charge in [0, 0.05) is 44.6 Å². The van der Waals surface area contributed by atoms with Gasteiger partial charge in [-0.2, -0.15) is 0 Å². The maximum Gasteiger partial charge on any atom is 0.260 e. The smallest absolute Gasteiger partial charge is 0.260 e. The van der Waals surface area contributed by atoms with E-state index in [0.29, 0.717) is 12.1 Å². The van der Waals surface area contributed by atoms with Crippen molar-refractivity contribution in [3.63, 3.8) is 0 Å². The average Bonchev–Trinajstić information content (AvgIpc) is 3.23. The van der Waals surface area contributed by atoms with Crippen LogP contribution in [0.1, 0.15) is 32.3 Å². The van der Waals surface area contributed by atoms with Gasteiger partial charge in [0.1, 0.15) is 5.82 Å². The molecular weight excluding hydrogens is 384 g/mol. The number of nitrogens with one attached hydrogen (secondary N) is 1. The van der Waals surface area contributed by atoms with Crippen LogP contribution < -0.4 is 15.8 Å². The number of hydrogen-bond donors (Lipinski definition) is 1. The molecule has 0 radical (unpaired) electrons. The first kappa shape index (κ1) is 21.3. The van der Waals surface area contributed by atoms with Crippen LogP contribution >= 0.6 is 0 Å². The molecule has 0 spiro atoms. The molecule has 1 aliphatic heterocycles. The van der Waals surface area contributed by atoms with Crippen molar-refractivity contribution >= 4 is 5.82 Å². The molecule has 0 saturated carbocycles. The SMILES string of the molecule is Cc1cccc(-c2c(-c3ccncc3)cc(N3CCCC3CNC(C)C)n(C)c2=O)c1. The van der Waals surface area contributed by atoms with Crippen LogP contribution in [0.25, 0.3) is 22.3 Å². The summed E-state index contributed by atoms with van der Waals surface area (Å²) in [4.78, 5) is 20.3. The Bertz CT molecular complexity index is 1100. The lowest BCUT2D eigenvalue weighted by Gasteiger charge is -2.30. The summed E-state index contributed by atoms with van der Waals surface area (Å²) in [6.45, 7) is 8.30. The third kappa shape index (κ3) is 4.42. The van der Waals surface area contributed by atoms with Crippen LogP contribution in [-0.2, 0) is 7.05 Å². The third-order valence-electron chi connectivity index (χ3n) is 6.14. The highest BCUT2D eigenvalue weighted by Crippen LogP contribution is 2.34. The van der Waals surface area contributed by atoms with Gasteiger partial charge < -0.3 is 10.2 Å². The fraction of sp³-hybridized carbons (Fsp3) is 0.385. The summed E-state index contributed by atoms with van der Waals surface area (Å²) in [6, 6.07) is 15.2. The van der Waals surface area contributed by atoms with Gasteiger partial charge in [0.25, 0.3) is 5.56 Å². The Balaban J connectivity index is 1.87. The van der Waals surface area contributed by atoms with E-state index < -0.39 is 0 Å². The van der Waals surface area contributed by atoms with Crippen LogP contribution in [0, 0.1) is 6.92 Å². The second-order valence-corrected chi connectivity index (χ2v) is 8.81. The Morgan fingerprint density at radius 3 is 2.61 bits per heavy atom. The van der Waals surface area contributed by atoms with Gasteiger partial charge in [-0.3, -0.25) is 14.3 Å². The molecule has 1 saturated heterocycles. The minimum atomic E-state index is 0.0392. The number of hydrogen-bond acceptors (Lipinski definition) is 4. The normalized spacial score (nSPS) is 16.3. The van der Waals surface area contributed by atoms with Crippen LogP contribution in [-0.4, -0.2) is 34.7 Å². The van der Waals surface area contributed by atoms with E-state index in [-0.39, 0.29) is 5.56 Å². The first-order valence-corrected chi connectivity index (χ1v) is 11.2. The molecule has 1 fully saturated rings. The van der Waals surface area contributed by atoms with E-state index in [4.69, 9.17) is 0 Å². The molecule has 1 N–H and O–H groups in total. The zero-order valence-corrected chi connectivity index (χ0v) is 18.9. The summed E-state index contributed by atoms with van der Waals surface area (Å²) >= 11 is 0. The van der Waals surface area contributed by atoms with E-state index in [9.17, 15) is 4.79 Å². The zero-order valence-electron chi connectivity index (χ0n) is 18.9. The predicted molar refractivity (Wildman–Crippen MR) is 129 cm³/mol. The molecule has 3 heterocycles. The predicted octanol–water partition coefficient (Wildman–Crippen LogP) is 4.39. The van der Waals surface area contributed by atoms with Crippen LogP contribution in [0.15, 0.2) is 59.7 Å². The molecule has 0 aliphatic carbocycles. The van der Waals surface area contributed by atoms with Crippen LogP contribution in [0.3, 0.4) is 0 Å². The molecule has 1 aromatic carbocycles. The van der Waals surface area contributed by atoms with E-state index in [1.54, 1.807) is 12.4 Å². The second-order valence-electron chi connectivity index (χ2n) is 8.81. The van der Waals surface area contributed by atoms with Crippen molar-refractivity contribution in [2.24, 2.45) is 7.05 Å². The van der Waals surface area contributed by atoms with E-state index in [1.165, 1.54) is 0 Å². The summed E-state index contributed by atoms with van der Waals surface area (Å²) in [5, 5.41) is 3.57. The molecule has 1 atom stereocenters.